The molecule has 0 aliphatic heterocycles. The van der Waals surface area contributed by atoms with Crippen molar-refractivity contribution in [2.75, 3.05) is 16.7 Å². The van der Waals surface area contributed by atoms with E-state index < -0.39 is 15.9 Å². The fourth-order valence-corrected chi connectivity index (χ4v) is 4.51. The molecule has 0 radical (unpaired) electrons. The van der Waals surface area contributed by atoms with Crippen molar-refractivity contribution in [1.82, 2.24) is 9.78 Å². The van der Waals surface area contributed by atoms with Crippen LogP contribution in [-0.2, 0) is 17.1 Å². The van der Waals surface area contributed by atoms with Crippen LogP contribution in [0.1, 0.15) is 15.9 Å². The van der Waals surface area contributed by atoms with Crippen molar-refractivity contribution in [3.63, 3.8) is 0 Å². The molecule has 0 fully saturated rings. The van der Waals surface area contributed by atoms with Gasteiger partial charge in [0.05, 0.1) is 21.1 Å². The monoisotopic (exact) mass is 468 g/mol. The highest BCUT2D eigenvalue weighted by molar-refractivity contribution is 7.92. The highest BCUT2D eigenvalue weighted by Crippen LogP contribution is 2.35. The van der Waals surface area contributed by atoms with Gasteiger partial charge in [0.1, 0.15) is 5.56 Å². The molecule has 1 aromatic heterocycles. The predicted octanol–water partition coefficient (Wildman–Crippen LogP) is 3.82. The number of carbonyl (C=O) groups excluding carboxylic acids is 1. The highest BCUT2D eigenvalue weighted by Gasteiger charge is 2.28. The number of aromatic hydroxyl groups is 1. The molecule has 30 heavy (non-hydrogen) atoms. The number of hydrogen-bond acceptors (Lipinski definition) is 5. The zero-order valence-corrected chi connectivity index (χ0v) is 18.5. The SMILES string of the molecule is Cc1ccc(S(=O)(=O)N(C)c2c(C(=O)Nc3cc(Cl)c(O)c(Cl)c3)cnn2C)cc1. The Balaban J connectivity index is 1.96. The van der Waals surface area contributed by atoms with Gasteiger partial charge in [-0.3, -0.25) is 13.8 Å². The van der Waals surface area contributed by atoms with Crippen LogP contribution in [0.25, 0.3) is 0 Å². The molecule has 0 aliphatic rings. The first-order valence-electron chi connectivity index (χ1n) is 8.59. The van der Waals surface area contributed by atoms with Crippen LogP contribution >= 0.6 is 23.2 Å². The third-order valence-electron chi connectivity index (χ3n) is 4.40. The number of aryl methyl sites for hydroxylation is 2. The van der Waals surface area contributed by atoms with E-state index in [4.69, 9.17) is 23.2 Å². The van der Waals surface area contributed by atoms with Crippen molar-refractivity contribution in [2.24, 2.45) is 7.05 Å². The third-order valence-corrected chi connectivity index (χ3v) is 6.74. The number of rotatable bonds is 5. The number of nitrogens with zero attached hydrogens (tertiary/aromatic N) is 3. The molecule has 2 aromatic carbocycles. The summed E-state index contributed by atoms with van der Waals surface area (Å²) in [5.41, 5.74) is 1.17. The van der Waals surface area contributed by atoms with Crippen LogP contribution in [-0.4, -0.2) is 36.3 Å². The van der Waals surface area contributed by atoms with Crippen LogP contribution in [0.4, 0.5) is 11.5 Å². The molecule has 2 N–H and O–H groups in total. The van der Waals surface area contributed by atoms with Gasteiger partial charge in [0.2, 0.25) is 0 Å². The summed E-state index contributed by atoms with van der Waals surface area (Å²) in [5.74, 6) is -0.853. The summed E-state index contributed by atoms with van der Waals surface area (Å²) in [7, 11) is -1.06. The van der Waals surface area contributed by atoms with Crippen LogP contribution in [0.5, 0.6) is 5.75 Å². The molecular formula is C19H18Cl2N4O4S. The van der Waals surface area contributed by atoms with Gasteiger partial charge >= 0.3 is 0 Å². The zero-order valence-electron chi connectivity index (χ0n) is 16.2. The third kappa shape index (κ3) is 4.09. The van der Waals surface area contributed by atoms with Crippen molar-refractivity contribution < 1.29 is 18.3 Å². The van der Waals surface area contributed by atoms with E-state index in [1.165, 1.54) is 49.2 Å². The number of benzene rings is 2. The zero-order chi connectivity index (χ0) is 22.2. The van der Waals surface area contributed by atoms with Crippen molar-refractivity contribution in [3.05, 3.63) is 63.8 Å². The maximum Gasteiger partial charge on any atom is 0.265 e. The number of halogens is 2. The maximum absolute atomic E-state index is 13.0. The number of phenols is 1. The van der Waals surface area contributed by atoms with E-state index in [2.05, 4.69) is 10.4 Å². The van der Waals surface area contributed by atoms with Gasteiger partial charge in [-0.15, -0.1) is 0 Å². The van der Waals surface area contributed by atoms with Crippen molar-refractivity contribution in [3.8, 4) is 5.75 Å². The van der Waals surface area contributed by atoms with Gasteiger partial charge in [0.25, 0.3) is 15.9 Å². The van der Waals surface area contributed by atoms with E-state index in [1.807, 2.05) is 6.92 Å². The molecule has 0 aliphatic carbocycles. The Kier molecular flexibility index (Phi) is 5.98. The lowest BCUT2D eigenvalue weighted by Gasteiger charge is -2.21. The summed E-state index contributed by atoms with van der Waals surface area (Å²) in [5, 5.41) is 16.2. The van der Waals surface area contributed by atoms with Gasteiger partial charge in [-0.25, -0.2) is 8.42 Å². The number of aromatic nitrogens is 2. The largest absolute Gasteiger partial charge is 0.505 e. The molecule has 3 rings (SSSR count). The molecule has 158 valence electrons. The maximum atomic E-state index is 13.0. The number of amides is 1. The number of anilines is 2. The summed E-state index contributed by atoms with van der Waals surface area (Å²) >= 11 is 11.8. The highest BCUT2D eigenvalue weighted by atomic mass is 35.5. The van der Waals surface area contributed by atoms with Crippen LogP contribution in [0.3, 0.4) is 0 Å². The Bertz CT molecular complexity index is 1200. The van der Waals surface area contributed by atoms with Crippen LogP contribution in [0.15, 0.2) is 47.5 Å². The van der Waals surface area contributed by atoms with Gasteiger partial charge in [-0.1, -0.05) is 40.9 Å². The Morgan fingerprint density at radius 1 is 1.17 bits per heavy atom. The minimum Gasteiger partial charge on any atom is -0.505 e. The van der Waals surface area contributed by atoms with Gasteiger partial charge in [0, 0.05) is 19.8 Å². The average molecular weight is 469 g/mol. The van der Waals surface area contributed by atoms with E-state index in [9.17, 15) is 18.3 Å². The topological polar surface area (TPSA) is 105 Å². The molecule has 1 heterocycles. The summed E-state index contributed by atoms with van der Waals surface area (Å²) in [6, 6.07) is 9.02. The molecule has 1 amide bonds. The molecule has 8 nitrogen and oxygen atoms in total. The number of sulfonamides is 1. The Morgan fingerprint density at radius 2 is 1.73 bits per heavy atom. The second-order valence-electron chi connectivity index (χ2n) is 6.53. The van der Waals surface area contributed by atoms with Gasteiger partial charge in [0.15, 0.2) is 11.6 Å². The standard InChI is InChI=1S/C19H18Cl2N4O4S/c1-11-4-6-13(7-5-11)30(28,29)25(3)19-14(10-22-24(19)2)18(27)23-12-8-15(20)17(26)16(21)9-12/h4-10,26H,1-3H3,(H,23,27). The number of hydrogen-bond donors (Lipinski definition) is 2. The number of nitrogens with one attached hydrogen (secondary N) is 1. The molecule has 0 saturated carbocycles. The summed E-state index contributed by atoms with van der Waals surface area (Å²) in [6.45, 7) is 1.85. The molecule has 0 unspecified atom stereocenters. The Hall–Kier alpha value is -2.75. The summed E-state index contributed by atoms with van der Waals surface area (Å²) in [4.78, 5) is 12.9. The normalized spacial score (nSPS) is 11.4. The fraction of sp³-hybridized carbons (Fsp3) is 0.158. The van der Waals surface area contributed by atoms with E-state index in [0.29, 0.717) is 0 Å². The number of carbonyl (C=O) groups is 1. The van der Waals surface area contributed by atoms with E-state index in [1.54, 1.807) is 12.1 Å². The fourth-order valence-electron chi connectivity index (χ4n) is 2.78. The van der Waals surface area contributed by atoms with E-state index >= 15 is 0 Å². The number of phenolic OH excluding ortho intramolecular Hbond substituents is 1. The average Bonchev–Trinajstić information content (AvgIpc) is 3.07. The van der Waals surface area contributed by atoms with Crippen LogP contribution in [0, 0.1) is 6.92 Å². The lowest BCUT2D eigenvalue weighted by molar-refractivity contribution is 0.102. The first-order chi connectivity index (χ1) is 14.0. The van der Waals surface area contributed by atoms with Crippen molar-refractivity contribution in [1.29, 1.82) is 0 Å². The van der Waals surface area contributed by atoms with E-state index in [-0.39, 0.29) is 37.8 Å². The molecular weight excluding hydrogens is 451 g/mol. The first kappa shape index (κ1) is 21.9. The van der Waals surface area contributed by atoms with Crippen LogP contribution < -0.4 is 9.62 Å². The van der Waals surface area contributed by atoms with Crippen molar-refractivity contribution in [2.45, 2.75) is 11.8 Å². The molecule has 0 bridgehead atoms. The van der Waals surface area contributed by atoms with Crippen LogP contribution in [0.2, 0.25) is 10.0 Å². The lowest BCUT2D eigenvalue weighted by Crippen LogP contribution is -2.30. The van der Waals surface area contributed by atoms with Gasteiger partial charge in [-0.2, -0.15) is 5.10 Å². The van der Waals surface area contributed by atoms with Crippen molar-refractivity contribution >= 4 is 50.6 Å². The predicted molar refractivity (Wildman–Crippen MR) is 116 cm³/mol. The van der Waals surface area contributed by atoms with Gasteiger partial charge < -0.3 is 10.4 Å². The quantitative estimate of drug-likeness (QED) is 0.553. The molecule has 3 aromatic rings. The molecule has 0 saturated heterocycles. The first-order valence-corrected chi connectivity index (χ1v) is 10.8. The Morgan fingerprint density at radius 3 is 2.30 bits per heavy atom. The summed E-state index contributed by atoms with van der Waals surface area (Å²) in [6.07, 6.45) is 1.26. The minimum atomic E-state index is -3.93. The lowest BCUT2D eigenvalue weighted by atomic mass is 10.2. The minimum absolute atomic E-state index is 0.0241. The van der Waals surface area contributed by atoms with Gasteiger partial charge in [-0.05, 0) is 31.2 Å². The Labute approximate surface area is 183 Å². The summed E-state index contributed by atoms with van der Waals surface area (Å²) < 4.78 is 28.4. The molecule has 0 atom stereocenters. The molecule has 11 heteroatoms. The molecule has 0 spiro atoms. The second-order valence-corrected chi connectivity index (χ2v) is 9.32. The van der Waals surface area contributed by atoms with E-state index in [0.717, 1.165) is 9.87 Å². The smallest absolute Gasteiger partial charge is 0.265 e. The second kappa shape index (κ2) is 8.17.